The molecule has 0 saturated carbocycles. The van der Waals surface area contributed by atoms with E-state index in [1.54, 1.807) is 11.3 Å². The molecule has 1 rings (SSSR count). The lowest BCUT2D eigenvalue weighted by atomic mass is 10.7. The molecule has 0 aliphatic rings. The van der Waals surface area contributed by atoms with Gasteiger partial charge in [-0.15, -0.1) is 11.3 Å². The Labute approximate surface area is 63.5 Å². The highest BCUT2D eigenvalue weighted by atomic mass is 32.2. The number of nitrogens with one attached hydrogen (secondary N) is 1. The largest absolute Gasteiger partial charge is 0.311 e. The fraction of sp³-hybridized carbons (Fsp3) is 0.333. The zero-order valence-corrected chi connectivity index (χ0v) is 6.89. The average molecular weight is 159 g/mol. The Balaban J connectivity index is 2.30. The van der Waals surface area contributed by atoms with Crippen molar-refractivity contribution >= 4 is 23.1 Å². The minimum absolute atomic E-state index is 1.00. The Morgan fingerprint density at radius 1 is 1.78 bits per heavy atom. The van der Waals surface area contributed by atoms with E-state index in [4.69, 9.17) is 0 Å². The normalized spacial score (nSPS) is 9.89. The molecule has 0 aromatic carbocycles. The summed E-state index contributed by atoms with van der Waals surface area (Å²) in [5.41, 5.74) is 0. The van der Waals surface area contributed by atoms with Crippen molar-refractivity contribution in [3.63, 3.8) is 0 Å². The molecule has 1 nitrogen and oxygen atoms in total. The maximum Gasteiger partial charge on any atom is 0.0610 e. The van der Waals surface area contributed by atoms with Gasteiger partial charge in [-0.1, -0.05) is 17.8 Å². The van der Waals surface area contributed by atoms with E-state index in [1.165, 1.54) is 4.21 Å². The van der Waals surface area contributed by atoms with E-state index in [0.717, 1.165) is 5.88 Å². The highest BCUT2D eigenvalue weighted by Crippen LogP contribution is 2.21. The lowest BCUT2D eigenvalue weighted by Crippen LogP contribution is -2.02. The second-order valence-electron chi connectivity index (χ2n) is 1.57. The zero-order chi connectivity index (χ0) is 6.53. The molecule has 0 radical (unpaired) electrons. The first-order valence-electron chi connectivity index (χ1n) is 2.74. The molecule has 0 unspecified atom stereocenters. The Morgan fingerprint density at radius 3 is 3.22 bits per heavy atom. The molecular weight excluding hydrogens is 150 g/mol. The molecule has 0 bridgehead atoms. The van der Waals surface area contributed by atoms with Crippen LogP contribution >= 0.6 is 23.1 Å². The summed E-state index contributed by atoms with van der Waals surface area (Å²) in [7, 11) is 1.96. The van der Waals surface area contributed by atoms with Crippen LogP contribution in [0.15, 0.2) is 21.7 Å². The number of thiophene rings is 1. The van der Waals surface area contributed by atoms with E-state index >= 15 is 0 Å². The van der Waals surface area contributed by atoms with Gasteiger partial charge in [0.1, 0.15) is 0 Å². The van der Waals surface area contributed by atoms with Gasteiger partial charge >= 0.3 is 0 Å². The average Bonchev–Trinajstić information content (AvgIpc) is 2.34. The van der Waals surface area contributed by atoms with Crippen LogP contribution in [0.1, 0.15) is 0 Å². The first kappa shape index (κ1) is 7.12. The van der Waals surface area contributed by atoms with Crippen LogP contribution in [-0.4, -0.2) is 12.9 Å². The molecule has 1 aromatic rings. The summed E-state index contributed by atoms with van der Waals surface area (Å²) in [5.74, 6) is 1.00. The van der Waals surface area contributed by atoms with Crippen molar-refractivity contribution in [1.29, 1.82) is 0 Å². The van der Waals surface area contributed by atoms with Crippen LogP contribution in [0.2, 0.25) is 0 Å². The summed E-state index contributed by atoms with van der Waals surface area (Å²) in [5, 5.41) is 5.17. The number of hydrogen-bond donors (Lipinski definition) is 1. The van der Waals surface area contributed by atoms with Crippen molar-refractivity contribution in [2.75, 3.05) is 12.9 Å². The zero-order valence-electron chi connectivity index (χ0n) is 5.26. The lowest BCUT2D eigenvalue weighted by molar-refractivity contribution is 0.983. The molecule has 50 valence electrons. The van der Waals surface area contributed by atoms with Gasteiger partial charge in [0.15, 0.2) is 0 Å². The molecule has 0 amide bonds. The predicted octanol–water partition coefficient (Wildman–Crippen LogP) is 2.02. The molecule has 1 N–H and O–H groups in total. The third kappa shape index (κ3) is 2.39. The van der Waals surface area contributed by atoms with Gasteiger partial charge in [-0.3, -0.25) is 0 Å². The van der Waals surface area contributed by atoms with E-state index in [2.05, 4.69) is 22.8 Å². The van der Waals surface area contributed by atoms with Crippen LogP contribution in [0, 0.1) is 0 Å². The summed E-state index contributed by atoms with van der Waals surface area (Å²) >= 11 is 3.62. The Hall–Kier alpha value is 0.01000. The maximum atomic E-state index is 3.08. The molecule has 0 spiro atoms. The molecule has 1 aromatic heterocycles. The van der Waals surface area contributed by atoms with Crippen molar-refractivity contribution in [2.45, 2.75) is 4.21 Å². The van der Waals surface area contributed by atoms with Gasteiger partial charge in [0, 0.05) is 5.88 Å². The van der Waals surface area contributed by atoms with Crippen LogP contribution in [0.25, 0.3) is 0 Å². The summed E-state index contributed by atoms with van der Waals surface area (Å²) in [6.45, 7) is 0. The molecule has 1 heterocycles. The summed E-state index contributed by atoms with van der Waals surface area (Å²) in [6, 6.07) is 4.20. The first-order chi connectivity index (χ1) is 4.43. The molecular formula is C6H9NS2. The Kier molecular flexibility index (Phi) is 3.11. The maximum absolute atomic E-state index is 3.08. The monoisotopic (exact) mass is 159 g/mol. The van der Waals surface area contributed by atoms with Gasteiger partial charge in [0.05, 0.1) is 4.21 Å². The predicted molar refractivity (Wildman–Crippen MR) is 44.1 cm³/mol. The van der Waals surface area contributed by atoms with Crippen LogP contribution < -0.4 is 5.32 Å². The van der Waals surface area contributed by atoms with Crippen molar-refractivity contribution in [1.82, 2.24) is 5.32 Å². The molecule has 0 fully saturated rings. The van der Waals surface area contributed by atoms with Gasteiger partial charge in [-0.25, -0.2) is 0 Å². The minimum Gasteiger partial charge on any atom is -0.311 e. The summed E-state index contributed by atoms with van der Waals surface area (Å²) in [4.78, 5) is 0. The number of thioether (sulfide) groups is 1. The van der Waals surface area contributed by atoms with E-state index in [0.29, 0.717) is 0 Å². The van der Waals surface area contributed by atoms with Gasteiger partial charge in [0.25, 0.3) is 0 Å². The van der Waals surface area contributed by atoms with E-state index < -0.39 is 0 Å². The van der Waals surface area contributed by atoms with E-state index in [9.17, 15) is 0 Å². The Morgan fingerprint density at radius 2 is 2.67 bits per heavy atom. The molecule has 0 saturated heterocycles. The topological polar surface area (TPSA) is 12.0 Å². The highest BCUT2D eigenvalue weighted by Gasteiger charge is 1.89. The summed E-state index contributed by atoms with van der Waals surface area (Å²) in [6.07, 6.45) is 0. The molecule has 0 atom stereocenters. The van der Waals surface area contributed by atoms with Gasteiger partial charge in [-0.2, -0.15) is 0 Å². The standard InChI is InChI=1S/C6H9NS2/c1-7-5-9-6-3-2-4-8-6/h2-4,7H,5H2,1H3. The van der Waals surface area contributed by atoms with Crippen molar-refractivity contribution < 1.29 is 0 Å². The van der Waals surface area contributed by atoms with Gasteiger partial charge in [-0.05, 0) is 18.5 Å². The summed E-state index contributed by atoms with van der Waals surface area (Å²) < 4.78 is 1.38. The van der Waals surface area contributed by atoms with Crippen molar-refractivity contribution in [3.05, 3.63) is 17.5 Å². The fourth-order valence-corrected chi connectivity index (χ4v) is 2.01. The van der Waals surface area contributed by atoms with Gasteiger partial charge < -0.3 is 5.32 Å². The molecule has 3 heteroatoms. The quantitative estimate of drug-likeness (QED) is 0.535. The second-order valence-corrected chi connectivity index (χ2v) is 3.80. The lowest BCUT2D eigenvalue weighted by Gasteiger charge is -1.92. The molecule has 0 aliphatic heterocycles. The highest BCUT2D eigenvalue weighted by molar-refractivity contribution is 8.01. The number of rotatable bonds is 3. The second kappa shape index (κ2) is 3.93. The first-order valence-corrected chi connectivity index (χ1v) is 4.61. The van der Waals surface area contributed by atoms with Crippen LogP contribution in [0.5, 0.6) is 0 Å². The SMILES string of the molecule is CNCSc1cccs1. The smallest absolute Gasteiger partial charge is 0.0610 e. The fourth-order valence-electron chi connectivity index (χ4n) is 0.489. The van der Waals surface area contributed by atoms with Crippen molar-refractivity contribution in [3.8, 4) is 0 Å². The van der Waals surface area contributed by atoms with Gasteiger partial charge in [0.2, 0.25) is 0 Å². The van der Waals surface area contributed by atoms with E-state index in [1.807, 2.05) is 18.8 Å². The molecule has 0 aliphatic carbocycles. The van der Waals surface area contributed by atoms with E-state index in [-0.39, 0.29) is 0 Å². The Bertz CT molecular complexity index is 148. The molecule has 9 heavy (non-hydrogen) atoms. The van der Waals surface area contributed by atoms with Crippen LogP contribution in [0.4, 0.5) is 0 Å². The van der Waals surface area contributed by atoms with Crippen LogP contribution in [0.3, 0.4) is 0 Å². The van der Waals surface area contributed by atoms with Crippen molar-refractivity contribution in [2.24, 2.45) is 0 Å². The third-order valence-electron chi connectivity index (χ3n) is 0.854. The minimum atomic E-state index is 1.00. The van der Waals surface area contributed by atoms with Crippen LogP contribution in [-0.2, 0) is 0 Å². The number of hydrogen-bond acceptors (Lipinski definition) is 3. The third-order valence-corrected chi connectivity index (χ3v) is 3.01.